The van der Waals surface area contributed by atoms with Gasteiger partial charge in [0.1, 0.15) is 0 Å². The molecule has 2 heteroatoms. The number of aliphatic hydroxyl groups excluding tert-OH is 1. The molecule has 0 aromatic heterocycles. The van der Waals surface area contributed by atoms with Crippen molar-refractivity contribution in [3.05, 3.63) is 59.7 Å². The highest BCUT2D eigenvalue weighted by Crippen LogP contribution is 2.46. The number of rotatable bonds is 9. The van der Waals surface area contributed by atoms with Gasteiger partial charge in [-0.05, 0) is 66.7 Å². The molecule has 1 N–H and O–H groups in total. The molecular formula is C27H35NO. The number of hydrogen-bond acceptors (Lipinski definition) is 2. The van der Waals surface area contributed by atoms with Crippen LogP contribution >= 0.6 is 0 Å². The Hall–Kier alpha value is -2.11. The quantitative estimate of drug-likeness (QED) is 0.468. The largest absolute Gasteiger partial charge is 0.396 e. The van der Waals surface area contributed by atoms with Crippen molar-refractivity contribution >= 4 is 0 Å². The van der Waals surface area contributed by atoms with Gasteiger partial charge in [-0.25, -0.2) is 0 Å². The molecule has 0 radical (unpaired) electrons. The molecule has 0 saturated heterocycles. The third kappa shape index (κ3) is 5.71. The highest BCUT2D eigenvalue weighted by atomic mass is 16.2. The van der Waals surface area contributed by atoms with Gasteiger partial charge in [-0.3, -0.25) is 0 Å². The average molecular weight is 390 g/mol. The van der Waals surface area contributed by atoms with Crippen LogP contribution in [-0.2, 0) is 6.42 Å². The van der Waals surface area contributed by atoms with Crippen LogP contribution in [-0.4, -0.2) is 11.7 Å². The lowest BCUT2D eigenvalue weighted by molar-refractivity contribution is 0.216. The Balaban J connectivity index is 1.64. The number of nitriles is 1. The van der Waals surface area contributed by atoms with Crippen LogP contribution in [0.15, 0.2) is 48.5 Å². The molecule has 3 rings (SSSR count). The summed E-state index contributed by atoms with van der Waals surface area (Å²) in [5.41, 5.74) is 5.14. The van der Waals surface area contributed by atoms with Gasteiger partial charge in [0.05, 0.1) is 11.5 Å². The molecule has 2 aromatic rings. The molecule has 2 aromatic carbocycles. The van der Waals surface area contributed by atoms with Crippen molar-refractivity contribution in [2.75, 3.05) is 6.61 Å². The van der Waals surface area contributed by atoms with Crippen LogP contribution in [0.25, 0.3) is 11.1 Å². The molecule has 2 unspecified atom stereocenters. The summed E-state index contributed by atoms with van der Waals surface area (Å²) in [4.78, 5) is 0. The fourth-order valence-electron chi connectivity index (χ4n) is 4.84. The summed E-state index contributed by atoms with van der Waals surface area (Å²) in [6, 6.07) is 20.6. The summed E-state index contributed by atoms with van der Waals surface area (Å²) < 4.78 is 0. The molecule has 1 saturated carbocycles. The molecule has 1 fully saturated rings. The fraction of sp³-hybridized carbons (Fsp3) is 0.519. The van der Waals surface area contributed by atoms with Crippen LogP contribution in [0.3, 0.4) is 0 Å². The van der Waals surface area contributed by atoms with Crippen molar-refractivity contribution in [3.8, 4) is 17.2 Å². The predicted octanol–water partition coefficient (Wildman–Crippen LogP) is 7.03. The summed E-state index contributed by atoms with van der Waals surface area (Å²) in [6.45, 7) is 2.47. The van der Waals surface area contributed by atoms with Gasteiger partial charge in [-0.1, -0.05) is 81.1 Å². The Morgan fingerprint density at radius 1 is 0.966 bits per heavy atom. The fourth-order valence-corrected chi connectivity index (χ4v) is 4.84. The highest BCUT2D eigenvalue weighted by Gasteiger charge is 2.36. The van der Waals surface area contributed by atoms with E-state index in [1.54, 1.807) is 0 Å². The molecule has 0 heterocycles. The maximum absolute atomic E-state index is 9.95. The van der Waals surface area contributed by atoms with Crippen molar-refractivity contribution in [2.24, 2.45) is 5.41 Å². The summed E-state index contributed by atoms with van der Waals surface area (Å²) in [5, 5.41) is 18.9. The first-order valence-corrected chi connectivity index (χ1v) is 11.4. The second kappa shape index (κ2) is 10.6. The number of benzene rings is 2. The van der Waals surface area contributed by atoms with E-state index in [1.807, 2.05) is 0 Å². The molecular weight excluding hydrogens is 354 g/mol. The predicted molar refractivity (Wildman–Crippen MR) is 121 cm³/mol. The normalized spacial score (nSPS) is 21.6. The topological polar surface area (TPSA) is 44.0 Å². The zero-order valence-corrected chi connectivity index (χ0v) is 17.9. The third-order valence-electron chi connectivity index (χ3n) is 6.72. The second-order valence-corrected chi connectivity index (χ2v) is 8.75. The van der Waals surface area contributed by atoms with Gasteiger partial charge < -0.3 is 5.11 Å². The Bertz CT molecular complexity index is 787. The van der Waals surface area contributed by atoms with E-state index in [9.17, 15) is 5.26 Å². The van der Waals surface area contributed by atoms with Gasteiger partial charge in [0.15, 0.2) is 0 Å². The summed E-state index contributed by atoms with van der Waals surface area (Å²) in [7, 11) is 0. The molecule has 1 aliphatic carbocycles. The standard InChI is InChI=1S/C27H35NO/c1-2-22-9-11-23(12-10-22)24-13-15-25(16-14-24)26-8-7-18-27(20-26,21-28)17-5-3-4-6-19-29/h9-16,26,29H,2-8,17-20H2,1H3. The lowest BCUT2D eigenvalue weighted by Gasteiger charge is -2.36. The minimum atomic E-state index is -0.156. The van der Waals surface area contributed by atoms with E-state index in [0.717, 1.165) is 57.8 Å². The molecule has 154 valence electrons. The van der Waals surface area contributed by atoms with Gasteiger partial charge in [0.25, 0.3) is 0 Å². The Morgan fingerprint density at radius 2 is 1.62 bits per heavy atom. The number of aliphatic hydroxyl groups is 1. The van der Waals surface area contributed by atoms with Crippen molar-refractivity contribution in [1.29, 1.82) is 5.26 Å². The van der Waals surface area contributed by atoms with Crippen molar-refractivity contribution in [2.45, 2.75) is 77.0 Å². The molecule has 0 bridgehead atoms. The summed E-state index contributed by atoms with van der Waals surface area (Å²) >= 11 is 0. The Morgan fingerprint density at radius 3 is 2.24 bits per heavy atom. The lowest BCUT2D eigenvalue weighted by atomic mass is 9.66. The molecule has 2 atom stereocenters. The number of unbranched alkanes of at least 4 members (excludes halogenated alkanes) is 3. The second-order valence-electron chi connectivity index (χ2n) is 8.75. The number of aryl methyl sites for hydroxylation is 1. The van der Waals surface area contributed by atoms with Gasteiger partial charge in [-0.15, -0.1) is 0 Å². The van der Waals surface area contributed by atoms with E-state index >= 15 is 0 Å². The summed E-state index contributed by atoms with van der Waals surface area (Å²) in [6.07, 6.45) is 10.6. The van der Waals surface area contributed by atoms with Crippen LogP contribution in [0.1, 0.15) is 81.8 Å². The van der Waals surface area contributed by atoms with Crippen molar-refractivity contribution in [1.82, 2.24) is 0 Å². The van der Waals surface area contributed by atoms with E-state index in [2.05, 4.69) is 61.5 Å². The van der Waals surface area contributed by atoms with Crippen molar-refractivity contribution < 1.29 is 5.11 Å². The van der Waals surface area contributed by atoms with Gasteiger partial charge in [0, 0.05) is 6.61 Å². The third-order valence-corrected chi connectivity index (χ3v) is 6.72. The first-order chi connectivity index (χ1) is 14.2. The molecule has 1 aliphatic rings. The zero-order chi connectivity index (χ0) is 20.5. The van der Waals surface area contributed by atoms with Gasteiger partial charge in [0.2, 0.25) is 0 Å². The first-order valence-electron chi connectivity index (χ1n) is 11.4. The monoisotopic (exact) mass is 389 g/mol. The van der Waals surface area contributed by atoms with Gasteiger partial charge in [-0.2, -0.15) is 5.26 Å². The van der Waals surface area contributed by atoms with Crippen LogP contribution in [0.5, 0.6) is 0 Å². The molecule has 0 amide bonds. The maximum atomic E-state index is 9.95. The molecule has 2 nitrogen and oxygen atoms in total. The Kier molecular flexibility index (Phi) is 7.90. The number of nitrogens with zero attached hydrogens (tertiary/aromatic N) is 1. The molecule has 0 spiro atoms. The van der Waals surface area contributed by atoms with Crippen LogP contribution < -0.4 is 0 Å². The highest BCUT2D eigenvalue weighted by molar-refractivity contribution is 5.64. The zero-order valence-electron chi connectivity index (χ0n) is 17.9. The average Bonchev–Trinajstić information content (AvgIpc) is 2.79. The van der Waals surface area contributed by atoms with Gasteiger partial charge >= 0.3 is 0 Å². The van der Waals surface area contributed by atoms with E-state index in [1.165, 1.54) is 28.7 Å². The Labute approximate surface area is 176 Å². The van der Waals surface area contributed by atoms with Crippen LogP contribution in [0.2, 0.25) is 0 Å². The van der Waals surface area contributed by atoms with E-state index in [0.29, 0.717) is 5.92 Å². The minimum absolute atomic E-state index is 0.156. The lowest BCUT2D eigenvalue weighted by Crippen LogP contribution is -2.26. The van der Waals surface area contributed by atoms with E-state index in [-0.39, 0.29) is 12.0 Å². The van der Waals surface area contributed by atoms with Crippen LogP contribution in [0.4, 0.5) is 0 Å². The van der Waals surface area contributed by atoms with E-state index in [4.69, 9.17) is 5.11 Å². The van der Waals surface area contributed by atoms with E-state index < -0.39 is 0 Å². The van der Waals surface area contributed by atoms with Crippen molar-refractivity contribution in [3.63, 3.8) is 0 Å². The maximum Gasteiger partial charge on any atom is 0.0689 e. The summed E-state index contributed by atoms with van der Waals surface area (Å²) in [5.74, 6) is 0.498. The number of hydrogen-bond donors (Lipinski definition) is 1. The smallest absolute Gasteiger partial charge is 0.0689 e. The van der Waals surface area contributed by atoms with Crippen LogP contribution in [0, 0.1) is 16.7 Å². The molecule has 0 aliphatic heterocycles. The first kappa shape index (κ1) is 21.6. The SMILES string of the molecule is CCc1ccc(-c2ccc(C3CCCC(C#N)(CCCCCCO)C3)cc2)cc1. The minimum Gasteiger partial charge on any atom is -0.396 e. The molecule has 29 heavy (non-hydrogen) atoms.